The number of hydrogen-bond donors (Lipinski definition) is 0. The van der Waals surface area contributed by atoms with Gasteiger partial charge in [-0.25, -0.2) is 0 Å². The fourth-order valence-electron chi connectivity index (χ4n) is 3.10. The highest BCUT2D eigenvalue weighted by molar-refractivity contribution is 9.14. The van der Waals surface area contributed by atoms with Gasteiger partial charge in [-0.15, -0.1) is 0 Å². The highest BCUT2D eigenvalue weighted by Crippen LogP contribution is 2.54. The van der Waals surface area contributed by atoms with Gasteiger partial charge in [-0.2, -0.15) is 0 Å². The molecule has 0 N–H and O–H groups in total. The van der Waals surface area contributed by atoms with Crippen LogP contribution in [-0.2, 0) is 0 Å². The third-order valence-electron chi connectivity index (χ3n) is 4.26. The molecule has 128 valence electrons. The number of ether oxygens (including phenoxy) is 2. The third kappa shape index (κ3) is 3.08. The summed E-state index contributed by atoms with van der Waals surface area (Å²) in [4.78, 5) is 0.606. The van der Waals surface area contributed by atoms with Crippen LogP contribution in [0.1, 0.15) is 20.8 Å². The summed E-state index contributed by atoms with van der Waals surface area (Å²) in [6, 6.07) is 12.3. The SMILES string of the molecule is COc1cccc2c1-c1c(OC)cccc1C(Br)C(Br)C(Br)C2Br. The van der Waals surface area contributed by atoms with Gasteiger partial charge < -0.3 is 9.47 Å². The van der Waals surface area contributed by atoms with Crippen molar-refractivity contribution in [3.05, 3.63) is 47.5 Å². The number of benzene rings is 2. The van der Waals surface area contributed by atoms with Crippen LogP contribution in [-0.4, -0.2) is 23.9 Å². The first kappa shape index (κ1) is 18.7. The van der Waals surface area contributed by atoms with Crippen LogP contribution < -0.4 is 9.47 Å². The van der Waals surface area contributed by atoms with Gasteiger partial charge in [-0.05, 0) is 23.3 Å². The fourth-order valence-corrected chi connectivity index (χ4v) is 6.52. The van der Waals surface area contributed by atoms with Gasteiger partial charge in [0.1, 0.15) is 11.5 Å². The molecule has 2 nitrogen and oxygen atoms in total. The van der Waals surface area contributed by atoms with Crippen molar-refractivity contribution in [2.45, 2.75) is 19.3 Å². The summed E-state index contributed by atoms with van der Waals surface area (Å²) < 4.78 is 11.4. The molecule has 6 heteroatoms. The van der Waals surface area contributed by atoms with Gasteiger partial charge >= 0.3 is 0 Å². The van der Waals surface area contributed by atoms with Crippen LogP contribution >= 0.6 is 63.7 Å². The Balaban J connectivity index is 2.42. The van der Waals surface area contributed by atoms with Gasteiger partial charge in [0, 0.05) is 20.8 Å². The van der Waals surface area contributed by atoms with Crippen molar-refractivity contribution in [3.63, 3.8) is 0 Å². The van der Waals surface area contributed by atoms with Gasteiger partial charge in [0.25, 0.3) is 0 Å². The van der Waals surface area contributed by atoms with E-state index in [-0.39, 0.29) is 19.3 Å². The van der Waals surface area contributed by atoms with E-state index in [0.29, 0.717) is 0 Å². The lowest BCUT2D eigenvalue weighted by Crippen LogP contribution is -2.26. The normalized spacial score (nSPS) is 25.9. The second kappa shape index (κ2) is 7.68. The van der Waals surface area contributed by atoms with Crippen molar-refractivity contribution < 1.29 is 9.47 Å². The molecule has 0 saturated carbocycles. The monoisotopic (exact) mass is 580 g/mol. The predicted octanol–water partition coefficient (Wildman–Crippen LogP) is 6.78. The minimum absolute atomic E-state index is 0.116. The number of rotatable bonds is 2. The largest absolute Gasteiger partial charge is 0.496 e. The smallest absolute Gasteiger partial charge is 0.127 e. The first-order chi connectivity index (χ1) is 11.5. The summed E-state index contributed by atoms with van der Waals surface area (Å²) in [5.74, 6) is 1.69. The molecule has 4 unspecified atom stereocenters. The van der Waals surface area contributed by atoms with Crippen molar-refractivity contribution in [1.82, 2.24) is 0 Å². The zero-order valence-corrected chi connectivity index (χ0v) is 19.4. The molecule has 0 spiro atoms. The first-order valence-electron chi connectivity index (χ1n) is 7.41. The van der Waals surface area contributed by atoms with Gasteiger partial charge in [-0.1, -0.05) is 88.0 Å². The lowest BCUT2D eigenvalue weighted by molar-refractivity contribution is 0.409. The van der Waals surface area contributed by atoms with Crippen molar-refractivity contribution in [3.8, 4) is 22.6 Å². The summed E-state index contributed by atoms with van der Waals surface area (Å²) in [6.07, 6.45) is 0. The van der Waals surface area contributed by atoms with Gasteiger partial charge in [0.2, 0.25) is 0 Å². The second-order valence-electron chi connectivity index (χ2n) is 5.54. The van der Waals surface area contributed by atoms with E-state index in [0.717, 1.165) is 22.6 Å². The lowest BCUT2D eigenvalue weighted by Gasteiger charge is -2.33. The predicted molar refractivity (Wildman–Crippen MR) is 114 cm³/mol. The summed E-state index contributed by atoms with van der Waals surface area (Å²) >= 11 is 15.4. The Kier molecular flexibility index (Phi) is 6.00. The van der Waals surface area contributed by atoms with E-state index in [4.69, 9.17) is 9.47 Å². The maximum absolute atomic E-state index is 5.69. The molecule has 0 aromatic heterocycles. The standard InChI is InChI=1S/C18H16Br4O2/c1-23-11-7-3-5-9-13(11)14-10(6-4-8-12(14)24-2)16(20)18(22)17(21)15(9)19/h3-8,15-18H,1-2H3. The van der Waals surface area contributed by atoms with Gasteiger partial charge in [-0.3, -0.25) is 0 Å². The molecule has 1 aliphatic rings. The zero-order chi connectivity index (χ0) is 17.4. The third-order valence-corrected chi connectivity index (χ3v) is 10.7. The minimum atomic E-state index is 0.116. The first-order valence-corrected chi connectivity index (χ1v) is 11.1. The van der Waals surface area contributed by atoms with Crippen LogP contribution in [0.3, 0.4) is 0 Å². The Morgan fingerprint density at radius 1 is 0.667 bits per heavy atom. The number of methoxy groups -OCH3 is 2. The molecule has 0 heterocycles. The van der Waals surface area contributed by atoms with Crippen molar-refractivity contribution in [2.24, 2.45) is 0 Å². The molecule has 0 fully saturated rings. The molecule has 0 bridgehead atoms. The van der Waals surface area contributed by atoms with Crippen molar-refractivity contribution >= 4 is 63.7 Å². The Bertz CT molecular complexity index is 686. The number of alkyl halides is 4. The molecule has 2 aromatic carbocycles. The minimum Gasteiger partial charge on any atom is -0.496 e. The van der Waals surface area contributed by atoms with Crippen molar-refractivity contribution in [1.29, 1.82) is 0 Å². The molecule has 24 heavy (non-hydrogen) atoms. The average Bonchev–Trinajstić information content (AvgIpc) is 2.63. The zero-order valence-electron chi connectivity index (χ0n) is 13.1. The Morgan fingerprint density at radius 2 is 1.04 bits per heavy atom. The number of fused-ring (bicyclic) bond motifs is 3. The highest BCUT2D eigenvalue weighted by Gasteiger charge is 2.37. The van der Waals surface area contributed by atoms with Crippen LogP contribution in [0.25, 0.3) is 11.1 Å². The van der Waals surface area contributed by atoms with E-state index in [9.17, 15) is 0 Å². The fraction of sp³-hybridized carbons (Fsp3) is 0.333. The van der Waals surface area contributed by atoms with Crippen LogP contribution in [0.4, 0.5) is 0 Å². The van der Waals surface area contributed by atoms with Crippen molar-refractivity contribution in [2.75, 3.05) is 14.2 Å². The van der Waals surface area contributed by atoms with Crippen LogP contribution in [0, 0.1) is 0 Å². The van der Waals surface area contributed by atoms with Crippen LogP contribution in [0.2, 0.25) is 0 Å². The Hall–Kier alpha value is -0.0400. The molecular formula is C18H16Br4O2. The average molecular weight is 584 g/mol. The maximum Gasteiger partial charge on any atom is 0.127 e. The molecule has 0 amide bonds. The van der Waals surface area contributed by atoms with Crippen LogP contribution in [0.5, 0.6) is 11.5 Å². The summed E-state index contributed by atoms with van der Waals surface area (Å²) in [5, 5.41) is 0. The quantitative estimate of drug-likeness (QED) is 0.363. The second-order valence-corrected chi connectivity index (χ2v) is 9.63. The molecule has 0 aliphatic heterocycles. The highest BCUT2D eigenvalue weighted by atomic mass is 79.9. The summed E-state index contributed by atoms with van der Waals surface area (Å²) in [7, 11) is 3.41. The molecule has 2 aromatic rings. The van der Waals surface area contributed by atoms with E-state index in [1.165, 1.54) is 11.1 Å². The molecule has 3 rings (SSSR count). The molecule has 0 radical (unpaired) electrons. The molecule has 0 saturated heterocycles. The number of hydrogen-bond acceptors (Lipinski definition) is 2. The van der Waals surface area contributed by atoms with E-state index in [1.54, 1.807) is 14.2 Å². The molecule has 1 aliphatic carbocycles. The van der Waals surface area contributed by atoms with E-state index in [2.05, 4.69) is 75.9 Å². The van der Waals surface area contributed by atoms with E-state index in [1.807, 2.05) is 24.3 Å². The molecule has 4 atom stereocenters. The Labute approximate surface area is 175 Å². The maximum atomic E-state index is 5.69. The molecular weight excluding hydrogens is 568 g/mol. The number of halogens is 4. The van der Waals surface area contributed by atoms with E-state index >= 15 is 0 Å². The van der Waals surface area contributed by atoms with Crippen LogP contribution in [0.15, 0.2) is 36.4 Å². The van der Waals surface area contributed by atoms with E-state index < -0.39 is 0 Å². The van der Waals surface area contributed by atoms with Gasteiger partial charge in [0.05, 0.1) is 23.9 Å². The van der Waals surface area contributed by atoms with Gasteiger partial charge in [0.15, 0.2) is 0 Å². The topological polar surface area (TPSA) is 18.5 Å². The Morgan fingerprint density at radius 3 is 1.38 bits per heavy atom. The summed E-state index contributed by atoms with van der Waals surface area (Å²) in [6.45, 7) is 0. The lowest BCUT2D eigenvalue weighted by atomic mass is 9.86. The summed E-state index contributed by atoms with van der Waals surface area (Å²) in [5.41, 5.74) is 4.49.